The third-order valence-electron chi connectivity index (χ3n) is 4.20. The molecule has 1 aliphatic heterocycles. The number of ether oxygens (including phenoxy) is 1. The van der Waals surface area contributed by atoms with Crippen LogP contribution in [0.5, 0.6) is 0 Å². The maximum Gasteiger partial charge on any atom is 0.263 e. The van der Waals surface area contributed by atoms with Gasteiger partial charge >= 0.3 is 0 Å². The van der Waals surface area contributed by atoms with Gasteiger partial charge in [0.25, 0.3) is 5.91 Å². The summed E-state index contributed by atoms with van der Waals surface area (Å²) >= 11 is 0. The van der Waals surface area contributed by atoms with Gasteiger partial charge in [0.2, 0.25) is 0 Å². The van der Waals surface area contributed by atoms with E-state index in [1.165, 1.54) is 38.5 Å². The Bertz CT molecular complexity index is 271. The summed E-state index contributed by atoms with van der Waals surface area (Å²) in [5, 5.41) is 2.05. The third kappa shape index (κ3) is 4.77. The average Bonchev–Trinajstić information content (AvgIpc) is 2.47. The monoisotopic (exact) mass is 268 g/mol. The van der Waals surface area contributed by atoms with Gasteiger partial charge in [-0.3, -0.25) is 10.2 Å². The first-order valence-electron chi connectivity index (χ1n) is 8.00. The number of hydrazine groups is 1. The Morgan fingerprint density at radius 3 is 2.42 bits per heavy atom. The summed E-state index contributed by atoms with van der Waals surface area (Å²) in [6, 6.07) is 0. The fraction of sp³-hybridized carbons (Fsp3) is 0.933. The molecule has 2 aliphatic rings. The molecule has 19 heavy (non-hydrogen) atoms. The summed E-state index contributed by atoms with van der Waals surface area (Å²) in [5.74, 6) is 0.0509. The zero-order chi connectivity index (χ0) is 13.5. The van der Waals surface area contributed by atoms with Crippen molar-refractivity contribution in [2.45, 2.75) is 76.9 Å². The molecule has 0 spiro atoms. The van der Waals surface area contributed by atoms with E-state index in [0.717, 1.165) is 32.4 Å². The highest BCUT2D eigenvalue weighted by molar-refractivity contribution is 5.80. The summed E-state index contributed by atoms with van der Waals surface area (Å²) in [4.78, 5) is 12.2. The van der Waals surface area contributed by atoms with Crippen LogP contribution in [0.25, 0.3) is 0 Å². The van der Waals surface area contributed by atoms with Gasteiger partial charge in [-0.25, -0.2) is 5.01 Å². The lowest BCUT2D eigenvalue weighted by Gasteiger charge is -2.30. The summed E-state index contributed by atoms with van der Waals surface area (Å²) in [7, 11) is 0. The number of nitrogens with zero attached hydrogens (tertiary/aromatic N) is 1. The first-order chi connectivity index (χ1) is 9.29. The van der Waals surface area contributed by atoms with Gasteiger partial charge in [0, 0.05) is 13.1 Å². The van der Waals surface area contributed by atoms with Gasteiger partial charge in [-0.05, 0) is 32.1 Å². The summed E-state index contributed by atoms with van der Waals surface area (Å²) < 4.78 is 6.01. The number of rotatable bonds is 5. The molecule has 1 saturated heterocycles. The van der Waals surface area contributed by atoms with Crippen molar-refractivity contribution >= 4 is 5.91 Å². The average molecular weight is 268 g/mol. The number of hydrogen-bond donors (Lipinski definition) is 1. The topological polar surface area (TPSA) is 41.6 Å². The van der Waals surface area contributed by atoms with Gasteiger partial charge in [-0.1, -0.05) is 32.6 Å². The number of amides is 1. The number of carbonyl (C=O) groups excluding carboxylic acids is 1. The molecule has 1 atom stereocenters. The van der Waals surface area contributed by atoms with Crippen LogP contribution in [0, 0.1) is 0 Å². The van der Waals surface area contributed by atoms with Crippen LogP contribution in [-0.4, -0.2) is 36.2 Å². The molecule has 0 radical (unpaired) electrons. The van der Waals surface area contributed by atoms with Crippen LogP contribution in [0.4, 0.5) is 0 Å². The van der Waals surface area contributed by atoms with E-state index >= 15 is 0 Å². The minimum Gasteiger partial charge on any atom is -0.365 e. The quantitative estimate of drug-likeness (QED) is 0.833. The Morgan fingerprint density at radius 1 is 1.16 bits per heavy atom. The Morgan fingerprint density at radius 2 is 1.79 bits per heavy atom. The van der Waals surface area contributed by atoms with E-state index in [4.69, 9.17) is 4.74 Å². The van der Waals surface area contributed by atoms with E-state index in [2.05, 4.69) is 10.4 Å². The molecular weight excluding hydrogens is 240 g/mol. The smallest absolute Gasteiger partial charge is 0.263 e. The minimum atomic E-state index is -0.273. The maximum atomic E-state index is 12.2. The van der Waals surface area contributed by atoms with Crippen molar-refractivity contribution < 1.29 is 9.53 Å². The number of carbonyl (C=O) groups is 1. The van der Waals surface area contributed by atoms with Gasteiger partial charge in [-0.2, -0.15) is 0 Å². The van der Waals surface area contributed by atoms with Crippen molar-refractivity contribution in [3.05, 3.63) is 0 Å². The predicted octanol–water partition coefficient (Wildman–Crippen LogP) is 2.63. The van der Waals surface area contributed by atoms with Gasteiger partial charge < -0.3 is 4.74 Å². The Hall–Kier alpha value is -0.610. The normalized spacial score (nSPS) is 24.1. The zero-order valence-electron chi connectivity index (χ0n) is 12.2. The van der Waals surface area contributed by atoms with Gasteiger partial charge in [0.05, 0.1) is 6.10 Å². The van der Waals surface area contributed by atoms with E-state index in [-0.39, 0.29) is 12.0 Å². The molecule has 4 heteroatoms. The van der Waals surface area contributed by atoms with Crippen LogP contribution >= 0.6 is 0 Å². The van der Waals surface area contributed by atoms with Crippen LogP contribution < -0.4 is 5.43 Å². The lowest BCUT2D eigenvalue weighted by molar-refractivity contribution is -0.143. The van der Waals surface area contributed by atoms with Crippen molar-refractivity contribution in [2.75, 3.05) is 13.1 Å². The van der Waals surface area contributed by atoms with Crippen molar-refractivity contribution in [1.29, 1.82) is 0 Å². The van der Waals surface area contributed by atoms with Gasteiger partial charge in [0.1, 0.15) is 6.10 Å². The standard InChI is InChI=1S/C15H28N2O2/c1-2-14(19-13-9-5-3-6-10-13)15(18)16-17-11-7-4-8-12-17/h13-14H,2-12H2,1H3,(H,16,18). The molecule has 4 nitrogen and oxygen atoms in total. The highest BCUT2D eigenvalue weighted by Crippen LogP contribution is 2.22. The maximum absolute atomic E-state index is 12.2. The summed E-state index contributed by atoms with van der Waals surface area (Å²) in [6.45, 7) is 3.99. The van der Waals surface area contributed by atoms with E-state index in [0.29, 0.717) is 6.10 Å². The van der Waals surface area contributed by atoms with Crippen LogP contribution in [0.3, 0.4) is 0 Å². The molecule has 0 aromatic rings. The largest absolute Gasteiger partial charge is 0.365 e. The molecule has 0 aromatic carbocycles. The second kappa shape index (κ2) is 7.85. The molecule has 1 N–H and O–H groups in total. The van der Waals surface area contributed by atoms with Crippen molar-refractivity contribution in [2.24, 2.45) is 0 Å². The predicted molar refractivity (Wildman–Crippen MR) is 75.6 cm³/mol. The lowest BCUT2D eigenvalue weighted by atomic mass is 9.97. The van der Waals surface area contributed by atoms with Crippen LogP contribution in [0.15, 0.2) is 0 Å². The molecule has 1 amide bonds. The summed E-state index contributed by atoms with van der Waals surface area (Å²) in [6.07, 6.45) is 10.5. The number of hydrogen-bond acceptors (Lipinski definition) is 3. The second-order valence-electron chi connectivity index (χ2n) is 5.82. The van der Waals surface area contributed by atoms with Crippen LogP contribution in [-0.2, 0) is 9.53 Å². The fourth-order valence-corrected chi connectivity index (χ4v) is 3.01. The zero-order valence-corrected chi connectivity index (χ0v) is 12.2. The lowest BCUT2D eigenvalue weighted by Crippen LogP contribution is -2.50. The van der Waals surface area contributed by atoms with Crippen LogP contribution in [0.2, 0.25) is 0 Å². The molecule has 110 valence electrons. The summed E-state index contributed by atoms with van der Waals surface area (Å²) in [5.41, 5.74) is 3.03. The third-order valence-corrected chi connectivity index (χ3v) is 4.20. The fourth-order valence-electron chi connectivity index (χ4n) is 3.01. The molecule has 0 aromatic heterocycles. The molecule has 1 unspecified atom stereocenters. The van der Waals surface area contributed by atoms with Crippen molar-refractivity contribution in [3.63, 3.8) is 0 Å². The molecule has 1 aliphatic carbocycles. The van der Waals surface area contributed by atoms with E-state index in [1.54, 1.807) is 0 Å². The van der Waals surface area contributed by atoms with E-state index in [1.807, 2.05) is 6.92 Å². The first kappa shape index (κ1) is 14.8. The molecule has 1 heterocycles. The number of nitrogens with one attached hydrogen (secondary N) is 1. The van der Waals surface area contributed by atoms with Gasteiger partial charge in [-0.15, -0.1) is 0 Å². The van der Waals surface area contributed by atoms with Crippen LogP contribution in [0.1, 0.15) is 64.7 Å². The van der Waals surface area contributed by atoms with E-state index < -0.39 is 0 Å². The molecule has 0 bridgehead atoms. The number of piperidine rings is 1. The minimum absolute atomic E-state index is 0.0509. The molecular formula is C15H28N2O2. The highest BCUT2D eigenvalue weighted by atomic mass is 16.5. The Kier molecular flexibility index (Phi) is 6.11. The molecule has 2 rings (SSSR count). The molecule has 1 saturated carbocycles. The van der Waals surface area contributed by atoms with Crippen molar-refractivity contribution in [3.8, 4) is 0 Å². The molecule has 2 fully saturated rings. The Balaban J connectivity index is 1.76. The van der Waals surface area contributed by atoms with Gasteiger partial charge in [0.15, 0.2) is 0 Å². The Labute approximate surface area is 116 Å². The van der Waals surface area contributed by atoms with E-state index in [9.17, 15) is 4.79 Å². The SMILES string of the molecule is CCC(OC1CCCCC1)C(=O)NN1CCCCC1. The highest BCUT2D eigenvalue weighted by Gasteiger charge is 2.25. The second-order valence-corrected chi connectivity index (χ2v) is 5.82. The first-order valence-corrected chi connectivity index (χ1v) is 8.00. The van der Waals surface area contributed by atoms with Crippen molar-refractivity contribution in [1.82, 2.24) is 10.4 Å².